The summed E-state index contributed by atoms with van der Waals surface area (Å²) in [5.74, 6) is -1.03. The molecule has 0 aliphatic carbocycles. The van der Waals surface area contributed by atoms with Crippen LogP contribution in [0.3, 0.4) is 0 Å². The third-order valence-corrected chi connectivity index (χ3v) is 3.16. The van der Waals surface area contributed by atoms with Crippen molar-refractivity contribution in [3.63, 3.8) is 0 Å². The number of benzene rings is 1. The lowest BCUT2D eigenvalue weighted by Crippen LogP contribution is -2.03. The number of aromatic nitrogens is 3. The van der Waals surface area contributed by atoms with Gasteiger partial charge < -0.3 is 5.11 Å². The Bertz CT molecular complexity index is 750. The highest BCUT2D eigenvalue weighted by atomic mass is 16.4. The van der Waals surface area contributed by atoms with Crippen LogP contribution in [0.1, 0.15) is 21.9 Å². The predicted molar refractivity (Wildman–Crippen MR) is 73.8 cm³/mol. The quantitative estimate of drug-likeness (QED) is 0.787. The maximum absolute atomic E-state index is 11.2. The Morgan fingerprint density at radius 1 is 1.15 bits per heavy atom. The molecule has 0 saturated heterocycles. The van der Waals surface area contributed by atoms with Gasteiger partial charge in [-0.3, -0.25) is 4.40 Å². The Morgan fingerprint density at radius 3 is 2.70 bits per heavy atom. The van der Waals surface area contributed by atoms with E-state index in [-0.39, 0.29) is 5.82 Å². The van der Waals surface area contributed by atoms with Crippen LogP contribution in [0.5, 0.6) is 0 Å². The summed E-state index contributed by atoms with van der Waals surface area (Å²) in [5.41, 5.74) is 2.52. The Balaban J connectivity index is 1.94. The fourth-order valence-electron chi connectivity index (χ4n) is 2.21. The summed E-state index contributed by atoms with van der Waals surface area (Å²) in [4.78, 5) is 19.6. The first-order chi connectivity index (χ1) is 9.75. The van der Waals surface area contributed by atoms with Crippen molar-refractivity contribution in [3.05, 3.63) is 65.9 Å². The normalized spacial score (nSPS) is 10.8. The summed E-state index contributed by atoms with van der Waals surface area (Å²) in [6.07, 6.45) is 4.79. The molecule has 3 aromatic rings. The summed E-state index contributed by atoms with van der Waals surface area (Å²) in [7, 11) is 0. The molecule has 3 rings (SSSR count). The molecule has 0 radical (unpaired) electrons. The zero-order valence-electron chi connectivity index (χ0n) is 10.7. The highest BCUT2D eigenvalue weighted by Gasteiger charge is 2.16. The van der Waals surface area contributed by atoms with Gasteiger partial charge in [-0.25, -0.2) is 14.8 Å². The van der Waals surface area contributed by atoms with Gasteiger partial charge in [-0.15, -0.1) is 0 Å². The number of aryl methyl sites for hydroxylation is 2. The van der Waals surface area contributed by atoms with Crippen LogP contribution in [-0.2, 0) is 12.8 Å². The molecule has 100 valence electrons. The number of hydrogen-bond acceptors (Lipinski definition) is 3. The second kappa shape index (κ2) is 5.13. The minimum Gasteiger partial charge on any atom is -0.475 e. The molecule has 5 heteroatoms. The van der Waals surface area contributed by atoms with Crippen molar-refractivity contribution >= 4 is 11.6 Å². The summed E-state index contributed by atoms with van der Waals surface area (Å²) < 4.78 is 1.52. The molecule has 0 saturated carbocycles. The van der Waals surface area contributed by atoms with Crippen molar-refractivity contribution in [1.82, 2.24) is 14.4 Å². The van der Waals surface area contributed by atoms with Crippen LogP contribution in [0, 0.1) is 0 Å². The average molecular weight is 267 g/mol. The lowest BCUT2D eigenvalue weighted by atomic mass is 10.1. The van der Waals surface area contributed by atoms with Crippen molar-refractivity contribution in [2.75, 3.05) is 0 Å². The minimum atomic E-state index is -1.04. The number of nitrogens with zero attached hydrogens (tertiary/aromatic N) is 3. The molecule has 2 heterocycles. The van der Waals surface area contributed by atoms with E-state index in [9.17, 15) is 9.90 Å². The van der Waals surface area contributed by atoms with Gasteiger partial charge in [-0.1, -0.05) is 30.3 Å². The maximum Gasteiger partial charge on any atom is 0.372 e. The molecule has 1 N–H and O–H groups in total. The molecule has 20 heavy (non-hydrogen) atoms. The molecule has 0 bridgehead atoms. The monoisotopic (exact) mass is 267 g/mol. The first-order valence-electron chi connectivity index (χ1n) is 6.35. The van der Waals surface area contributed by atoms with Gasteiger partial charge >= 0.3 is 5.97 Å². The van der Waals surface area contributed by atoms with Crippen LogP contribution < -0.4 is 0 Å². The second-order valence-electron chi connectivity index (χ2n) is 4.49. The molecule has 0 aliphatic rings. The van der Waals surface area contributed by atoms with Crippen LogP contribution >= 0.6 is 0 Å². The number of aromatic carboxylic acids is 1. The SMILES string of the molecule is O=C(O)c1nc(CCc2ccccc2)c2ncccn12. The molecule has 0 fully saturated rings. The van der Waals surface area contributed by atoms with E-state index < -0.39 is 5.97 Å². The molecule has 1 aromatic carbocycles. The molecule has 0 amide bonds. The molecular weight excluding hydrogens is 254 g/mol. The Morgan fingerprint density at radius 2 is 1.95 bits per heavy atom. The maximum atomic E-state index is 11.2. The second-order valence-corrected chi connectivity index (χ2v) is 4.49. The van der Waals surface area contributed by atoms with Crippen molar-refractivity contribution < 1.29 is 9.90 Å². The third kappa shape index (κ3) is 2.25. The highest BCUT2D eigenvalue weighted by molar-refractivity contribution is 5.85. The number of hydrogen-bond donors (Lipinski definition) is 1. The summed E-state index contributed by atoms with van der Waals surface area (Å²) in [5, 5.41) is 9.17. The van der Waals surface area contributed by atoms with Crippen LogP contribution in [0.2, 0.25) is 0 Å². The van der Waals surface area contributed by atoms with Crippen molar-refractivity contribution in [3.8, 4) is 0 Å². The van der Waals surface area contributed by atoms with E-state index in [1.807, 2.05) is 30.3 Å². The number of carboxylic acid groups (broad SMARTS) is 1. The first kappa shape index (κ1) is 12.3. The fraction of sp³-hybridized carbons (Fsp3) is 0.133. The third-order valence-electron chi connectivity index (χ3n) is 3.16. The number of carboxylic acids is 1. The van der Waals surface area contributed by atoms with E-state index >= 15 is 0 Å². The van der Waals surface area contributed by atoms with E-state index in [2.05, 4.69) is 9.97 Å². The topological polar surface area (TPSA) is 67.5 Å². The van der Waals surface area contributed by atoms with Gasteiger partial charge in [0, 0.05) is 12.4 Å². The fourth-order valence-corrected chi connectivity index (χ4v) is 2.21. The average Bonchev–Trinajstić information content (AvgIpc) is 2.85. The zero-order chi connectivity index (χ0) is 13.9. The van der Waals surface area contributed by atoms with Gasteiger partial charge in [-0.2, -0.15) is 0 Å². The van der Waals surface area contributed by atoms with E-state index in [0.29, 0.717) is 17.8 Å². The van der Waals surface area contributed by atoms with Gasteiger partial charge in [0.1, 0.15) is 0 Å². The number of rotatable bonds is 4. The van der Waals surface area contributed by atoms with E-state index in [1.165, 1.54) is 9.96 Å². The van der Waals surface area contributed by atoms with Gasteiger partial charge in [0.2, 0.25) is 5.82 Å². The molecule has 2 aromatic heterocycles. The number of fused-ring (bicyclic) bond motifs is 1. The van der Waals surface area contributed by atoms with Gasteiger partial charge in [0.25, 0.3) is 0 Å². The van der Waals surface area contributed by atoms with Crippen LogP contribution in [0.15, 0.2) is 48.8 Å². The van der Waals surface area contributed by atoms with Crippen molar-refractivity contribution in [2.24, 2.45) is 0 Å². The van der Waals surface area contributed by atoms with E-state index in [4.69, 9.17) is 0 Å². The largest absolute Gasteiger partial charge is 0.475 e. The van der Waals surface area contributed by atoms with Crippen molar-refractivity contribution in [1.29, 1.82) is 0 Å². The summed E-state index contributed by atoms with van der Waals surface area (Å²) in [6, 6.07) is 11.7. The summed E-state index contributed by atoms with van der Waals surface area (Å²) >= 11 is 0. The summed E-state index contributed by atoms with van der Waals surface area (Å²) in [6.45, 7) is 0. The van der Waals surface area contributed by atoms with E-state index in [1.54, 1.807) is 18.5 Å². The predicted octanol–water partition coefficient (Wildman–Crippen LogP) is 2.21. The molecule has 0 spiro atoms. The van der Waals surface area contributed by atoms with Crippen molar-refractivity contribution in [2.45, 2.75) is 12.8 Å². The molecule has 0 unspecified atom stereocenters. The Kier molecular flexibility index (Phi) is 3.16. The van der Waals surface area contributed by atoms with Gasteiger partial charge in [0.05, 0.1) is 5.69 Å². The molecule has 0 aliphatic heterocycles. The van der Waals surface area contributed by atoms with Crippen LogP contribution in [-0.4, -0.2) is 25.4 Å². The Hall–Kier alpha value is -2.69. The molecular formula is C15H13N3O2. The van der Waals surface area contributed by atoms with Gasteiger partial charge in [0.15, 0.2) is 5.65 Å². The molecule has 0 atom stereocenters. The lowest BCUT2D eigenvalue weighted by Gasteiger charge is -1.99. The minimum absolute atomic E-state index is 0.0103. The van der Waals surface area contributed by atoms with E-state index in [0.717, 1.165) is 6.42 Å². The number of carbonyl (C=O) groups is 1. The van der Waals surface area contributed by atoms with Gasteiger partial charge in [-0.05, 0) is 24.5 Å². The lowest BCUT2D eigenvalue weighted by molar-refractivity contribution is 0.0682. The standard InChI is InChI=1S/C15H13N3O2/c19-15(20)14-17-12(13-16-9-4-10-18(13)14)8-7-11-5-2-1-3-6-11/h1-6,9-10H,7-8H2,(H,19,20). The number of imidazole rings is 1. The van der Waals surface area contributed by atoms with Crippen LogP contribution in [0.4, 0.5) is 0 Å². The molecule has 5 nitrogen and oxygen atoms in total. The smallest absolute Gasteiger partial charge is 0.372 e. The first-order valence-corrected chi connectivity index (χ1v) is 6.35. The Labute approximate surface area is 115 Å². The zero-order valence-corrected chi connectivity index (χ0v) is 10.7. The van der Waals surface area contributed by atoms with Crippen LogP contribution in [0.25, 0.3) is 5.65 Å². The highest BCUT2D eigenvalue weighted by Crippen LogP contribution is 2.13.